The molecule has 1 atom stereocenters. The third-order valence-corrected chi connectivity index (χ3v) is 8.50. The predicted molar refractivity (Wildman–Crippen MR) is 125 cm³/mol. The van der Waals surface area contributed by atoms with E-state index in [1.807, 2.05) is 18.7 Å². The fraction of sp³-hybridized carbons (Fsp3) is 0.409. The molecular weight excluding hydrogens is 464 g/mol. The van der Waals surface area contributed by atoms with Crippen LogP contribution in [0, 0.1) is 6.92 Å². The second-order valence-corrected chi connectivity index (χ2v) is 11.7. The highest BCUT2D eigenvalue weighted by Gasteiger charge is 2.27. The Hall–Kier alpha value is -2.31. The molecule has 1 saturated heterocycles. The molecule has 3 rings (SSSR count). The van der Waals surface area contributed by atoms with E-state index in [0.29, 0.717) is 32.6 Å². The number of carbonyl (C=O) groups is 1. The Morgan fingerprint density at radius 1 is 0.939 bits per heavy atom. The summed E-state index contributed by atoms with van der Waals surface area (Å²) in [4.78, 5) is 14.8. The van der Waals surface area contributed by atoms with Gasteiger partial charge in [0.1, 0.15) is 0 Å². The highest BCUT2D eigenvalue weighted by atomic mass is 32.2. The number of primary sulfonamides is 1. The standard InChI is InChI=1S/C22H30N4O5S2/c1-17-4-8-21(9-5-17)33(30,31)26-13-3-12-25(14-15-26)16-22(27)24-18(2)19-6-10-20(11-7-19)32(23,28)29/h4-11,18H,3,12-16H2,1-2H3,(H,24,27)(H2,23,28,29). The maximum atomic E-state index is 13.0. The van der Waals surface area contributed by atoms with Crippen LogP contribution in [0.2, 0.25) is 0 Å². The molecular formula is C22H30N4O5S2. The van der Waals surface area contributed by atoms with Crippen molar-refractivity contribution < 1.29 is 21.6 Å². The first kappa shape index (κ1) is 25.3. The van der Waals surface area contributed by atoms with E-state index in [2.05, 4.69) is 5.32 Å². The third kappa shape index (κ3) is 6.61. The lowest BCUT2D eigenvalue weighted by atomic mass is 10.1. The quantitative estimate of drug-likeness (QED) is 0.595. The Labute approximate surface area is 195 Å². The van der Waals surface area contributed by atoms with Crippen LogP contribution in [0.25, 0.3) is 0 Å². The molecule has 0 radical (unpaired) electrons. The van der Waals surface area contributed by atoms with Crippen LogP contribution in [0.4, 0.5) is 0 Å². The van der Waals surface area contributed by atoms with Crippen molar-refractivity contribution in [2.24, 2.45) is 5.14 Å². The molecule has 33 heavy (non-hydrogen) atoms. The van der Waals surface area contributed by atoms with E-state index in [-0.39, 0.29) is 28.3 Å². The number of nitrogens with one attached hydrogen (secondary N) is 1. The Bertz CT molecular complexity index is 1180. The van der Waals surface area contributed by atoms with E-state index < -0.39 is 20.0 Å². The summed E-state index contributed by atoms with van der Waals surface area (Å²) in [5, 5.41) is 8.01. The molecule has 1 amide bonds. The first-order chi connectivity index (χ1) is 15.5. The fourth-order valence-electron chi connectivity index (χ4n) is 3.72. The summed E-state index contributed by atoms with van der Waals surface area (Å²) in [5.74, 6) is -0.187. The molecule has 0 aliphatic carbocycles. The van der Waals surface area contributed by atoms with Crippen LogP contribution in [0.1, 0.15) is 30.5 Å². The van der Waals surface area contributed by atoms with Gasteiger partial charge in [-0.05, 0) is 56.6 Å². The summed E-state index contributed by atoms with van der Waals surface area (Å²) < 4.78 is 50.1. The van der Waals surface area contributed by atoms with Crippen LogP contribution in [-0.2, 0) is 24.8 Å². The summed E-state index contributed by atoms with van der Waals surface area (Å²) in [5.41, 5.74) is 1.75. The molecule has 0 saturated carbocycles. The molecule has 3 N–H and O–H groups in total. The molecule has 1 aliphatic heterocycles. The van der Waals surface area contributed by atoms with E-state index in [1.165, 1.54) is 16.4 Å². The molecule has 2 aromatic rings. The van der Waals surface area contributed by atoms with Crippen LogP contribution < -0.4 is 10.5 Å². The van der Waals surface area contributed by atoms with Crippen LogP contribution in [0.15, 0.2) is 58.3 Å². The number of amides is 1. The molecule has 1 aliphatic rings. The molecule has 1 heterocycles. The van der Waals surface area contributed by atoms with Crippen LogP contribution in [0.3, 0.4) is 0 Å². The lowest BCUT2D eigenvalue weighted by molar-refractivity contribution is -0.122. The number of aryl methyl sites for hydroxylation is 1. The smallest absolute Gasteiger partial charge is 0.243 e. The van der Waals surface area contributed by atoms with E-state index >= 15 is 0 Å². The van der Waals surface area contributed by atoms with Crippen LogP contribution in [0.5, 0.6) is 0 Å². The number of nitrogens with zero attached hydrogens (tertiary/aromatic N) is 2. The first-order valence-corrected chi connectivity index (χ1v) is 13.7. The molecule has 0 spiro atoms. The zero-order chi connectivity index (χ0) is 24.2. The van der Waals surface area contributed by atoms with Gasteiger partial charge in [0.05, 0.1) is 22.4 Å². The topological polar surface area (TPSA) is 130 Å². The second kappa shape index (κ2) is 10.3. The van der Waals surface area contributed by atoms with Crippen molar-refractivity contribution in [3.8, 4) is 0 Å². The minimum absolute atomic E-state index is 0.0134. The van der Waals surface area contributed by atoms with Crippen molar-refractivity contribution >= 4 is 26.0 Å². The zero-order valence-electron chi connectivity index (χ0n) is 18.8. The number of benzene rings is 2. The van der Waals surface area contributed by atoms with Crippen molar-refractivity contribution in [3.05, 3.63) is 59.7 Å². The van der Waals surface area contributed by atoms with Crippen molar-refractivity contribution in [3.63, 3.8) is 0 Å². The van der Waals surface area contributed by atoms with Gasteiger partial charge in [-0.3, -0.25) is 9.69 Å². The SMILES string of the molecule is Cc1ccc(S(=O)(=O)N2CCCN(CC(=O)NC(C)c3ccc(S(N)(=O)=O)cc3)CC2)cc1. The van der Waals surface area contributed by atoms with Crippen LogP contribution in [-0.4, -0.2) is 64.7 Å². The molecule has 0 bridgehead atoms. The molecule has 11 heteroatoms. The Morgan fingerprint density at radius 3 is 2.15 bits per heavy atom. The number of sulfonamides is 2. The molecule has 9 nitrogen and oxygen atoms in total. The van der Waals surface area contributed by atoms with Crippen molar-refractivity contribution in [2.45, 2.75) is 36.1 Å². The second-order valence-electron chi connectivity index (χ2n) is 8.25. The maximum Gasteiger partial charge on any atom is 0.243 e. The first-order valence-electron chi connectivity index (χ1n) is 10.7. The van der Waals surface area contributed by atoms with Crippen LogP contribution >= 0.6 is 0 Å². The third-order valence-electron chi connectivity index (χ3n) is 5.66. The summed E-state index contributed by atoms with van der Waals surface area (Å²) >= 11 is 0. The van der Waals surface area contributed by atoms with E-state index in [1.54, 1.807) is 36.4 Å². The highest BCUT2D eigenvalue weighted by molar-refractivity contribution is 7.89. The lowest BCUT2D eigenvalue weighted by Crippen LogP contribution is -2.40. The zero-order valence-corrected chi connectivity index (χ0v) is 20.4. The predicted octanol–water partition coefficient (Wildman–Crippen LogP) is 1.22. The number of rotatable bonds is 7. The van der Waals surface area contributed by atoms with Gasteiger partial charge in [-0.1, -0.05) is 29.8 Å². The molecule has 1 unspecified atom stereocenters. The van der Waals surface area contributed by atoms with E-state index in [4.69, 9.17) is 5.14 Å². The summed E-state index contributed by atoms with van der Waals surface area (Å²) in [6.45, 7) is 5.65. The van der Waals surface area contributed by atoms with E-state index in [0.717, 1.165) is 11.1 Å². The lowest BCUT2D eigenvalue weighted by Gasteiger charge is -2.22. The average Bonchev–Trinajstić information content (AvgIpc) is 2.99. The molecule has 1 fully saturated rings. The van der Waals surface area contributed by atoms with Crippen molar-refractivity contribution in [1.29, 1.82) is 0 Å². The maximum absolute atomic E-state index is 13.0. The largest absolute Gasteiger partial charge is 0.348 e. The van der Waals surface area contributed by atoms with Gasteiger partial charge in [-0.15, -0.1) is 0 Å². The highest BCUT2D eigenvalue weighted by Crippen LogP contribution is 2.19. The summed E-state index contributed by atoms with van der Waals surface area (Å²) in [6, 6.07) is 12.5. The average molecular weight is 495 g/mol. The van der Waals surface area contributed by atoms with Crippen molar-refractivity contribution in [2.75, 3.05) is 32.7 Å². The normalized spacial score (nSPS) is 17.3. The Kier molecular flexibility index (Phi) is 7.91. The minimum atomic E-state index is -3.77. The number of carbonyl (C=O) groups excluding carboxylic acids is 1. The van der Waals surface area contributed by atoms with Gasteiger partial charge in [0.15, 0.2) is 0 Å². The molecule has 0 aromatic heterocycles. The Morgan fingerprint density at radius 2 is 1.55 bits per heavy atom. The van der Waals surface area contributed by atoms with Gasteiger partial charge in [-0.25, -0.2) is 22.0 Å². The number of hydrogen-bond donors (Lipinski definition) is 2. The fourth-order valence-corrected chi connectivity index (χ4v) is 5.71. The van der Waals surface area contributed by atoms with Gasteiger partial charge in [0, 0.05) is 19.6 Å². The van der Waals surface area contributed by atoms with Gasteiger partial charge in [0.25, 0.3) is 0 Å². The Balaban J connectivity index is 1.55. The molecule has 180 valence electrons. The number of hydrogen-bond acceptors (Lipinski definition) is 6. The van der Waals surface area contributed by atoms with Crippen molar-refractivity contribution in [1.82, 2.24) is 14.5 Å². The summed E-state index contributed by atoms with van der Waals surface area (Å²) in [7, 11) is -7.34. The van der Waals surface area contributed by atoms with E-state index in [9.17, 15) is 21.6 Å². The van der Waals surface area contributed by atoms with Gasteiger partial charge in [-0.2, -0.15) is 4.31 Å². The number of nitrogens with two attached hydrogens (primary N) is 1. The minimum Gasteiger partial charge on any atom is -0.348 e. The van der Waals surface area contributed by atoms with Gasteiger partial charge >= 0.3 is 0 Å². The van der Waals surface area contributed by atoms with Gasteiger partial charge in [0.2, 0.25) is 26.0 Å². The van der Waals surface area contributed by atoms with Gasteiger partial charge < -0.3 is 5.32 Å². The monoisotopic (exact) mass is 494 g/mol. The molecule has 2 aromatic carbocycles. The summed E-state index contributed by atoms with van der Waals surface area (Å²) in [6.07, 6.45) is 0.628.